The minimum atomic E-state index is -0.369. The number of aromatic nitrogens is 2. The molecule has 3 fully saturated rings. The lowest BCUT2D eigenvalue weighted by Gasteiger charge is -2.53. The van der Waals surface area contributed by atoms with Gasteiger partial charge in [0.1, 0.15) is 6.10 Å². The first-order valence-corrected chi connectivity index (χ1v) is 12.9. The number of hydrogen-bond acceptors (Lipinski definition) is 6. The van der Waals surface area contributed by atoms with Gasteiger partial charge in [-0.05, 0) is 49.3 Å². The van der Waals surface area contributed by atoms with Crippen LogP contribution in [0.4, 0.5) is 0 Å². The molecule has 7 heteroatoms. The first-order valence-electron chi connectivity index (χ1n) is 12.9. The molecule has 1 aliphatic carbocycles. The topological polar surface area (TPSA) is 79.7 Å². The molecule has 194 valence electrons. The Labute approximate surface area is 217 Å². The zero-order valence-electron chi connectivity index (χ0n) is 21.7. The highest BCUT2D eigenvalue weighted by atomic mass is 16.5. The Kier molecular flexibility index (Phi) is 6.90. The average Bonchev–Trinajstić information content (AvgIpc) is 3.29. The number of methoxy groups -OCH3 is 1. The number of fused-ring (bicyclic) bond motifs is 3. The lowest BCUT2D eigenvalue weighted by atomic mass is 9.62. The molecule has 1 saturated carbocycles. The molecule has 0 N–H and O–H groups in total. The number of carbonyl (C=O) groups is 2. The van der Waals surface area contributed by atoms with Gasteiger partial charge in [-0.1, -0.05) is 54.6 Å². The zero-order valence-corrected chi connectivity index (χ0v) is 21.7. The number of benzene rings is 2. The molecule has 6 rings (SSSR count). The summed E-state index contributed by atoms with van der Waals surface area (Å²) in [7, 11) is 3.28. The van der Waals surface area contributed by atoms with Gasteiger partial charge in [-0.3, -0.25) is 14.3 Å². The standard InChI is InChI=1S/C30H34N2O5/c1-21(22-7-5-4-6-8-22)37-27(33)17-26-25(19-31-32(26)2)23-9-11-24(12-10-23)29-13-15-30(16-14-29,36-20-29)18-28(34)35-3/h4-12,19,21H,13-18,20H2,1-3H3/t21-,29?,30?/m1/s1. The van der Waals surface area contributed by atoms with Crippen LogP contribution in [0.1, 0.15) is 62.0 Å². The summed E-state index contributed by atoms with van der Waals surface area (Å²) < 4.78 is 18.6. The molecule has 0 spiro atoms. The van der Waals surface area contributed by atoms with Crippen LogP contribution < -0.4 is 0 Å². The third-order valence-corrected chi connectivity index (χ3v) is 8.23. The maximum atomic E-state index is 12.8. The molecule has 3 aromatic rings. The van der Waals surface area contributed by atoms with Crippen LogP contribution in [0.2, 0.25) is 0 Å². The quantitative estimate of drug-likeness (QED) is 0.400. The highest BCUT2D eigenvalue weighted by Gasteiger charge is 2.51. The Morgan fingerprint density at radius 2 is 1.73 bits per heavy atom. The summed E-state index contributed by atoms with van der Waals surface area (Å²) in [6.45, 7) is 2.50. The SMILES string of the molecule is COC(=O)CC12CCC(c3ccc(-c4cnn(C)c4CC(=O)O[C@H](C)c4ccccc4)cc3)(CC1)CO2. The maximum Gasteiger partial charge on any atom is 0.312 e. The van der Waals surface area contributed by atoms with Crippen molar-refractivity contribution in [3.63, 3.8) is 0 Å². The van der Waals surface area contributed by atoms with E-state index in [0.29, 0.717) is 13.0 Å². The second-order valence-electron chi connectivity index (χ2n) is 10.4. The van der Waals surface area contributed by atoms with E-state index in [-0.39, 0.29) is 35.5 Å². The van der Waals surface area contributed by atoms with Gasteiger partial charge in [0.25, 0.3) is 0 Å². The van der Waals surface area contributed by atoms with Gasteiger partial charge in [0.15, 0.2) is 0 Å². The number of ether oxygens (including phenoxy) is 3. The summed E-state index contributed by atoms with van der Waals surface area (Å²) in [6.07, 6.45) is 5.67. The molecule has 7 nitrogen and oxygen atoms in total. The fraction of sp³-hybridized carbons (Fsp3) is 0.433. The van der Waals surface area contributed by atoms with E-state index < -0.39 is 0 Å². The van der Waals surface area contributed by atoms with Crippen molar-refractivity contribution in [1.82, 2.24) is 9.78 Å². The molecule has 37 heavy (non-hydrogen) atoms. The van der Waals surface area contributed by atoms with Gasteiger partial charge in [-0.15, -0.1) is 0 Å². The molecule has 2 bridgehead atoms. The molecular weight excluding hydrogens is 468 g/mol. The molecule has 0 radical (unpaired) electrons. The number of carbonyl (C=O) groups excluding carboxylic acids is 2. The van der Waals surface area contributed by atoms with E-state index in [4.69, 9.17) is 14.2 Å². The van der Waals surface area contributed by atoms with Gasteiger partial charge in [-0.2, -0.15) is 5.10 Å². The van der Waals surface area contributed by atoms with Gasteiger partial charge in [-0.25, -0.2) is 0 Å². The van der Waals surface area contributed by atoms with E-state index in [1.54, 1.807) is 4.68 Å². The van der Waals surface area contributed by atoms with Crippen LogP contribution in [-0.4, -0.2) is 41.0 Å². The molecule has 0 amide bonds. The molecule has 0 unspecified atom stereocenters. The van der Waals surface area contributed by atoms with E-state index in [0.717, 1.165) is 48.1 Å². The number of nitrogens with zero attached hydrogens (tertiary/aromatic N) is 2. The van der Waals surface area contributed by atoms with Crippen LogP contribution in [0.25, 0.3) is 11.1 Å². The second kappa shape index (κ2) is 10.1. The van der Waals surface area contributed by atoms with Crippen molar-refractivity contribution in [3.05, 3.63) is 77.6 Å². The summed E-state index contributed by atoms with van der Waals surface area (Å²) in [5, 5.41) is 4.42. The van der Waals surface area contributed by atoms with Crippen molar-refractivity contribution in [2.24, 2.45) is 7.05 Å². The summed E-state index contributed by atoms with van der Waals surface area (Å²) >= 11 is 0. The largest absolute Gasteiger partial charge is 0.469 e. The maximum absolute atomic E-state index is 12.8. The Hall–Kier alpha value is -3.45. The summed E-state index contributed by atoms with van der Waals surface area (Å²) in [6, 6.07) is 18.3. The van der Waals surface area contributed by atoms with Crippen LogP contribution in [0.5, 0.6) is 0 Å². The summed E-state index contributed by atoms with van der Waals surface area (Å²) in [4.78, 5) is 24.6. The number of aryl methyl sites for hydroxylation is 1. The van der Waals surface area contributed by atoms with E-state index in [1.165, 1.54) is 12.7 Å². The third-order valence-electron chi connectivity index (χ3n) is 8.23. The molecule has 1 aromatic heterocycles. The van der Waals surface area contributed by atoms with Crippen molar-refractivity contribution in [2.45, 2.75) is 62.6 Å². The highest BCUT2D eigenvalue weighted by molar-refractivity contribution is 5.77. The van der Waals surface area contributed by atoms with Crippen molar-refractivity contribution in [1.29, 1.82) is 0 Å². The van der Waals surface area contributed by atoms with E-state index in [1.807, 2.05) is 50.5 Å². The Morgan fingerprint density at radius 1 is 1.03 bits per heavy atom. The Balaban J connectivity index is 1.27. The average molecular weight is 503 g/mol. The lowest BCUT2D eigenvalue weighted by Crippen LogP contribution is -2.54. The van der Waals surface area contributed by atoms with E-state index in [2.05, 4.69) is 29.4 Å². The normalized spacial score (nSPS) is 23.4. The van der Waals surface area contributed by atoms with E-state index in [9.17, 15) is 9.59 Å². The first-order chi connectivity index (χ1) is 17.8. The Bertz CT molecular complexity index is 1240. The molecule has 3 aliphatic rings. The number of hydrogen-bond donors (Lipinski definition) is 0. The zero-order chi connectivity index (χ0) is 26.0. The van der Waals surface area contributed by atoms with Gasteiger partial charge in [0.2, 0.25) is 0 Å². The second-order valence-corrected chi connectivity index (χ2v) is 10.4. The lowest BCUT2D eigenvalue weighted by molar-refractivity contribution is -0.176. The molecule has 2 aromatic carbocycles. The monoisotopic (exact) mass is 502 g/mol. The van der Waals surface area contributed by atoms with Crippen molar-refractivity contribution < 1.29 is 23.8 Å². The van der Waals surface area contributed by atoms with Crippen LogP contribution in [0, 0.1) is 0 Å². The summed E-state index contributed by atoms with van der Waals surface area (Å²) in [5.41, 5.74) is 4.59. The number of esters is 2. The fourth-order valence-corrected chi connectivity index (χ4v) is 5.78. The van der Waals surface area contributed by atoms with Gasteiger partial charge in [0, 0.05) is 18.0 Å². The van der Waals surface area contributed by atoms with Crippen LogP contribution >= 0.6 is 0 Å². The van der Waals surface area contributed by atoms with Crippen molar-refractivity contribution in [3.8, 4) is 11.1 Å². The van der Waals surface area contributed by atoms with Crippen LogP contribution in [0.15, 0.2) is 60.8 Å². The highest BCUT2D eigenvalue weighted by Crippen LogP contribution is 2.51. The third kappa shape index (κ3) is 5.05. The van der Waals surface area contributed by atoms with Crippen LogP contribution in [0.3, 0.4) is 0 Å². The van der Waals surface area contributed by atoms with Gasteiger partial charge >= 0.3 is 11.9 Å². The predicted molar refractivity (Wildman–Crippen MR) is 139 cm³/mol. The Morgan fingerprint density at radius 3 is 2.35 bits per heavy atom. The predicted octanol–water partition coefficient (Wildman–Crippen LogP) is 5.08. The van der Waals surface area contributed by atoms with Gasteiger partial charge in [0.05, 0.1) is 44.1 Å². The smallest absolute Gasteiger partial charge is 0.312 e. The molecule has 2 aliphatic heterocycles. The molecule has 3 heterocycles. The fourth-order valence-electron chi connectivity index (χ4n) is 5.78. The minimum Gasteiger partial charge on any atom is -0.469 e. The molecule has 2 saturated heterocycles. The van der Waals surface area contributed by atoms with Gasteiger partial charge < -0.3 is 14.2 Å². The first kappa shape index (κ1) is 25.2. The summed E-state index contributed by atoms with van der Waals surface area (Å²) in [5.74, 6) is -0.488. The molecular formula is C30H34N2O5. The van der Waals surface area contributed by atoms with Crippen molar-refractivity contribution in [2.75, 3.05) is 13.7 Å². The minimum absolute atomic E-state index is 0.0223. The van der Waals surface area contributed by atoms with Crippen LogP contribution in [-0.2, 0) is 42.7 Å². The number of rotatable bonds is 8. The molecule has 1 atom stereocenters. The van der Waals surface area contributed by atoms with E-state index >= 15 is 0 Å². The van der Waals surface area contributed by atoms with Crippen molar-refractivity contribution >= 4 is 11.9 Å².